The fraction of sp³-hybridized carbons (Fsp3) is 0.0682. The summed E-state index contributed by atoms with van der Waals surface area (Å²) in [5.41, 5.74) is 12.3. The third kappa shape index (κ3) is 4.93. The van der Waals surface area contributed by atoms with Gasteiger partial charge in [0, 0.05) is 46.7 Å². The molecule has 0 N–H and O–H groups in total. The summed E-state index contributed by atoms with van der Waals surface area (Å²) >= 11 is 0. The zero-order valence-electron chi connectivity index (χ0n) is 28.0. The molecule has 5 heterocycles. The maximum absolute atomic E-state index is 6.55. The van der Waals surface area contributed by atoms with Gasteiger partial charge in [-0.15, -0.1) is 12.1 Å². The first-order chi connectivity index (χ1) is 24.5. The van der Waals surface area contributed by atoms with Crippen LogP contribution < -0.4 is 4.74 Å². The van der Waals surface area contributed by atoms with Gasteiger partial charge in [0.2, 0.25) is 0 Å². The second kappa shape index (κ2) is 11.9. The molecule has 0 saturated heterocycles. The van der Waals surface area contributed by atoms with Crippen molar-refractivity contribution in [3.63, 3.8) is 0 Å². The molecule has 0 saturated carbocycles. The van der Waals surface area contributed by atoms with Crippen LogP contribution in [0.4, 0.5) is 0 Å². The Morgan fingerprint density at radius 2 is 1.20 bits per heavy atom. The number of imidazole rings is 2. The van der Waals surface area contributed by atoms with Gasteiger partial charge in [0.1, 0.15) is 0 Å². The fourth-order valence-corrected chi connectivity index (χ4v) is 7.60. The van der Waals surface area contributed by atoms with Crippen molar-refractivity contribution in [1.82, 2.24) is 23.8 Å². The third-order valence-electron chi connectivity index (χ3n) is 9.67. The molecule has 6 nitrogen and oxygen atoms in total. The van der Waals surface area contributed by atoms with Gasteiger partial charge in [-0.1, -0.05) is 112 Å². The Hall–Kier alpha value is -5.84. The molecule has 0 bridgehead atoms. The molecule has 0 atom stereocenters. The predicted molar refractivity (Wildman–Crippen MR) is 201 cm³/mol. The topological polar surface area (TPSA) is 56.7 Å². The molecule has 0 spiro atoms. The Morgan fingerprint density at radius 1 is 0.588 bits per heavy atom. The number of ether oxygens (including phenoxy) is 1. The van der Waals surface area contributed by atoms with Crippen LogP contribution in [0.2, 0.25) is 0 Å². The number of fused-ring (bicyclic) bond motifs is 12. The summed E-state index contributed by atoms with van der Waals surface area (Å²) in [5.74, 6) is 1.15. The van der Waals surface area contributed by atoms with Crippen molar-refractivity contribution >= 4 is 54.8 Å². The molecule has 246 valence electrons. The van der Waals surface area contributed by atoms with E-state index in [0.717, 1.165) is 77.3 Å². The Balaban J connectivity index is 0.00000348. The van der Waals surface area contributed by atoms with Crippen molar-refractivity contribution in [3.8, 4) is 34.0 Å². The number of benzene rings is 5. The number of aryl methyl sites for hydroxylation is 3. The number of hydrogen-bond donors (Lipinski definition) is 0. The maximum Gasteiger partial charge on any atom is 2.00 e. The fourth-order valence-electron chi connectivity index (χ4n) is 7.60. The average molecular weight is 839 g/mol. The molecule has 10 rings (SSSR count). The molecule has 7 heteroatoms. The molecule has 0 aliphatic rings. The zero-order chi connectivity index (χ0) is 33.5. The second-order valence-electron chi connectivity index (χ2n) is 13.0. The van der Waals surface area contributed by atoms with Crippen LogP contribution in [-0.2, 0) is 21.1 Å². The molecular weight excluding hydrogens is 810 g/mol. The first-order valence-corrected chi connectivity index (χ1v) is 16.7. The van der Waals surface area contributed by atoms with Gasteiger partial charge < -0.3 is 13.5 Å². The molecular formula is C44H29N5OPt. The van der Waals surface area contributed by atoms with Gasteiger partial charge >= 0.3 is 21.1 Å². The normalized spacial score (nSPS) is 11.7. The van der Waals surface area contributed by atoms with Crippen LogP contribution in [0.25, 0.3) is 77.3 Å². The van der Waals surface area contributed by atoms with Crippen LogP contribution in [0, 0.1) is 32.9 Å². The minimum absolute atomic E-state index is 0. The predicted octanol–water partition coefficient (Wildman–Crippen LogP) is 10.6. The molecule has 0 unspecified atom stereocenters. The number of para-hydroxylation sites is 1. The third-order valence-corrected chi connectivity index (χ3v) is 9.67. The standard InChI is InChI=1S/C44H29N5O.Pt/c1-26-20-27(2)41(28(3)21-26)38-25-49-40-14-9-19-45-42(40)34-18-16-31(23-36(34)44(49)47-38)50-30-15-17-32-33-12-7-8-13-39(33)48-24-37(29-10-5-4-6-11-29)46-43(48)35(32)22-30;/h4-21,24-25H,1-3H3;/q-2;+2. The van der Waals surface area contributed by atoms with Gasteiger partial charge in [-0.2, -0.15) is 0 Å². The first kappa shape index (κ1) is 31.2. The molecule has 5 aromatic carbocycles. The van der Waals surface area contributed by atoms with E-state index in [9.17, 15) is 0 Å². The monoisotopic (exact) mass is 838 g/mol. The van der Waals surface area contributed by atoms with Gasteiger partial charge in [-0.05, 0) is 55.5 Å². The number of hydrogen-bond acceptors (Lipinski definition) is 4. The maximum atomic E-state index is 6.55. The molecule has 0 aliphatic carbocycles. The summed E-state index contributed by atoms with van der Waals surface area (Å²) in [5, 5.41) is 4.90. The summed E-state index contributed by atoms with van der Waals surface area (Å²) in [6.45, 7) is 6.43. The summed E-state index contributed by atoms with van der Waals surface area (Å²) in [6.07, 6.45) is 6.05. The average Bonchev–Trinajstić information content (AvgIpc) is 3.78. The van der Waals surface area contributed by atoms with Gasteiger partial charge in [0.25, 0.3) is 0 Å². The van der Waals surface area contributed by atoms with Crippen molar-refractivity contribution in [2.45, 2.75) is 20.8 Å². The SMILES string of the molecule is Cc1cc(C)c(-c2cn3c4cccnc4c4ccc(Oc5[c-]c6c(cc5)c5ccccc5n5cc(-c7ccccc7)nc65)[c-]c4c3n2)c(C)c1.[Pt+2]. The Bertz CT molecular complexity index is 2980. The molecule has 0 amide bonds. The van der Waals surface area contributed by atoms with Crippen molar-refractivity contribution in [1.29, 1.82) is 0 Å². The van der Waals surface area contributed by atoms with Crippen molar-refractivity contribution in [2.75, 3.05) is 0 Å². The van der Waals surface area contributed by atoms with Gasteiger partial charge in [0.15, 0.2) is 0 Å². The minimum Gasteiger partial charge on any atom is -0.497 e. The van der Waals surface area contributed by atoms with Crippen LogP contribution in [-0.4, -0.2) is 23.8 Å². The zero-order valence-corrected chi connectivity index (χ0v) is 30.3. The summed E-state index contributed by atoms with van der Waals surface area (Å²) in [4.78, 5) is 15.1. The number of rotatable bonds is 4. The Kier molecular flexibility index (Phi) is 7.27. The molecule has 0 aliphatic heterocycles. The molecule has 0 fully saturated rings. The molecule has 51 heavy (non-hydrogen) atoms. The van der Waals surface area contributed by atoms with Crippen molar-refractivity contribution in [3.05, 3.63) is 151 Å². The Labute approximate surface area is 308 Å². The summed E-state index contributed by atoms with van der Waals surface area (Å²) < 4.78 is 10.8. The van der Waals surface area contributed by atoms with Crippen molar-refractivity contribution in [2.24, 2.45) is 0 Å². The van der Waals surface area contributed by atoms with Crippen LogP contribution in [0.15, 0.2) is 122 Å². The molecule has 5 aromatic heterocycles. The van der Waals surface area contributed by atoms with Crippen molar-refractivity contribution < 1.29 is 25.8 Å². The van der Waals surface area contributed by atoms with Crippen LogP contribution in [0.1, 0.15) is 16.7 Å². The largest absolute Gasteiger partial charge is 2.00 e. The van der Waals surface area contributed by atoms with E-state index in [1.807, 2.05) is 42.6 Å². The van der Waals surface area contributed by atoms with E-state index >= 15 is 0 Å². The van der Waals surface area contributed by atoms with E-state index in [4.69, 9.17) is 19.7 Å². The van der Waals surface area contributed by atoms with E-state index in [1.165, 1.54) is 16.7 Å². The molecule has 0 radical (unpaired) electrons. The Morgan fingerprint density at radius 3 is 1.96 bits per heavy atom. The smallest absolute Gasteiger partial charge is 0.497 e. The van der Waals surface area contributed by atoms with Crippen LogP contribution in [0.3, 0.4) is 0 Å². The van der Waals surface area contributed by atoms with Gasteiger partial charge in [-0.25, -0.2) is 0 Å². The number of pyridine rings is 3. The van der Waals surface area contributed by atoms with E-state index in [0.29, 0.717) is 11.5 Å². The van der Waals surface area contributed by atoms with Crippen LogP contribution in [0.5, 0.6) is 11.5 Å². The van der Waals surface area contributed by atoms with E-state index in [2.05, 4.69) is 121 Å². The van der Waals surface area contributed by atoms with Gasteiger partial charge in [-0.3, -0.25) is 15.0 Å². The first-order valence-electron chi connectivity index (χ1n) is 16.7. The van der Waals surface area contributed by atoms with E-state index in [-0.39, 0.29) is 21.1 Å². The number of aromatic nitrogens is 5. The summed E-state index contributed by atoms with van der Waals surface area (Å²) in [7, 11) is 0. The quantitative estimate of drug-likeness (QED) is 0.131. The molecule has 10 aromatic rings. The van der Waals surface area contributed by atoms with Gasteiger partial charge in [0.05, 0.1) is 33.7 Å². The van der Waals surface area contributed by atoms with Crippen LogP contribution >= 0.6 is 0 Å². The van der Waals surface area contributed by atoms with E-state index < -0.39 is 0 Å². The minimum atomic E-state index is 0. The van der Waals surface area contributed by atoms with E-state index in [1.54, 1.807) is 0 Å². The second-order valence-corrected chi connectivity index (χ2v) is 13.0. The summed E-state index contributed by atoms with van der Waals surface area (Å²) in [6, 6.07) is 42.4. The number of nitrogens with zero attached hydrogens (tertiary/aromatic N) is 5.